The van der Waals surface area contributed by atoms with E-state index in [-0.39, 0.29) is 5.60 Å². The lowest BCUT2D eigenvalue weighted by atomic mass is 9.92. The monoisotopic (exact) mass is 199 g/mol. The number of ether oxygens (including phenoxy) is 1. The van der Waals surface area contributed by atoms with Crippen LogP contribution in [0.25, 0.3) is 0 Å². The molecule has 1 aliphatic heterocycles. The number of hydrogen-bond donors (Lipinski definition) is 1. The topological polar surface area (TPSA) is 21.3 Å². The highest BCUT2D eigenvalue weighted by atomic mass is 16.5. The Morgan fingerprint density at radius 1 is 1.50 bits per heavy atom. The first-order chi connectivity index (χ1) is 6.70. The second-order valence-electron chi connectivity index (χ2n) is 4.76. The molecule has 0 aliphatic carbocycles. The van der Waals surface area contributed by atoms with Gasteiger partial charge in [0.1, 0.15) is 0 Å². The molecule has 0 aromatic rings. The van der Waals surface area contributed by atoms with E-state index >= 15 is 0 Å². The summed E-state index contributed by atoms with van der Waals surface area (Å²) in [6, 6.07) is 0. The van der Waals surface area contributed by atoms with Gasteiger partial charge in [-0.05, 0) is 51.6 Å². The molecule has 1 heterocycles. The van der Waals surface area contributed by atoms with Crippen molar-refractivity contribution < 1.29 is 4.74 Å². The van der Waals surface area contributed by atoms with Gasteiger partial charge in [-0.15, -0.1) is 0 Å². The Labute approximate surface area is 88.4 Å². The smallest absolute Gasteiger partial charge is 0.0648 e. The van der Waals surface area contributed by atoms with Gasteiger partial charge in [0.2, 0.25) is 0 Å². The summed E-state index contributed by atoms with van der Waals surface area (Å²) in [7, 11) is 1.83. The summed E-state index contributed by atoms with van der Waals surface area (Å²) < 4.78 is 5.54. The van der Waals surface area contributed by atoms with Gasteiger partial charge in [0.25, 0.3) is 0 Å². The Hall–Kier alpha value is -0.0800. The van der Waals surface area contributed by atoms with Crippen molar-refractivity contribution in [2.45, 2.75) is 51.6 Å². The van der Waals surface area contributed by atoms with Gasteiger partial charge in [-0.3, -0.25) is 0 Å². The van der Waals surface area contributed by atoms with Crippen molar-refractivity contribution in [3.8, 4) is 0 Å². The predicted octanol–water partition coefficient (Wildman–Crippen LogP) is 2.58. The first-order valence-electron chi connectivity index (χ1n) is 5.96. The fraction of sp³-hybridized carbons (Fsp3) is 1.00. The van der Waals surface area contributed by atoms with E-state index in [1.165, 1.54) is 38.8 Å². The van der Waals surface area contributed by atoms with Gasteiger partial charge in [0.15, 0.2) is 0 Å². The minimum atomic E-state index is 0.117. The molecule has 1 rings (SSSR count). The molecule has 1 saturated heterocycles. The third kappa shape index (κ3) is 3.58. The molecule has 0 saturated carbocycles. The molecule has 0 spiro atoms. The molecule has 1 N–H and O–H groups in total. The Balaban J connectivity index is 2.12. The lowest BCUT2D eigenvalue weighted by Crippen LogP contribution is -2.26. The molecule has 0 amide bonds. The van der Waals surface area contributed by atoms with Crippen molar-refractivity contribution in [3.63, 3.8) is 0 Å². The maximum atomic E-state index is 5.54. The second-order valence-corrected chi connectivity index (χ2v) is 4.76. The summed E-state index contributed by atoms with van der Waals surface area (Å²) in [5.74, 6) is 0.924. The largest absolute Gasteiger partial charge is 0.379 e. The third-order valence-electron chi connectivity index (χ3n) is 3.72. The number of methoxy groups -OCH3 is 1. The summed E-state index contributed by atoms with van der Waals surface area (Å²) in [6.45, 7) is 6.89. The van der Waals surface area contributed by atoms with Crippen molar-refractivity contribution in [2.75, 3.05) is 20.2 Å². The molecule has 2 heteroatoms. The highest BCUT2D eigenvalue weighted by Crippen LogP contribution is 2.24. The number of nitrogens with one attached hydrogen (secondary N) is 1. The molecule has 0 unspecified atom stereocenters. The van der Waals surface area contributed by atoms with Crippen LogP contribution in [-0.4, -0.2) is 25.8 Å². The van der Waals surface area contributed by atoms with Crippen LogP contribution >= 0.6 is 0 Å². The maximum absolute atomic E-state index is 5.54. The number of rotatable bonds is 6. The molecular formula is C12H25NO. The van der Waals surface area contributed by atoms with Crippen LogP contribution in [0.15, 0.2) is 0 Å². The van der Waals surface area contributed by atoms with Crippen LogP contribution < -0.4 is 5.32 Å². The molecule has 14 heavy (non-hydrogen) atoms. The minimum Gasteiger partial charge on any atom is -0.379 e. The van der Waals surface area contributed by atoms with Crippen molar-refractivity contribution in [3.05, 3.63) is 0 Å². The van der Waals surface area contributed by atoms with Gasteiger partial charge < -0.3 is 10.1 Å². The van der Waals surface area contributed by atoms with E-state index in [4.69, 9.17) is 4.74 Å². The summed E-state index contributed by atoms with van der Waals surface area (Å²) in [5, 5.41) is 3.42. The summed E-state index contributed by atoms with van der Waals surface area (Å²) in [5.41, 5.74) is 0.117. The first kappa shape index (κ1) is 12.0. The van der Waals surface area contributed by atoms with Gasteiger partial charge in [-0.25, -0.2) is 0 Å². The molecule has 2 atom stereocenters. The molecule has 1 fully saturated rings. The number of hydrogen-bond acceptors (Lipinski definition) is 2. The Morgan fingerprint density at radius 3 is 2.79 bits per heavy atom. The molecule has 0 bridgehead atoms. The predicted molar refractivity (Wildman–Crippen MR) is 60.5 cm³/mol. The van der Waals surface area contributed by atoms with E-state index < -0.39 is 0 Å². The standard InChI is InChI=1S/C12H25NO/c1-4-12(2,14-3)8-5-6-11-7-9-13-10-11/h11,13H,4-10H2,1-3H3/t11-,12+/m0/s1. The lowest BCUT2D eigenvalue weighted by Gasteiger charge is -2.27. The van der Waals surface area contributed by atoms with Crippen LogP contribution in [0.2, 0.25) is 0 Å². The fourth-order valence-electron chi connectivity index (χ4n) is 2.15. The van der Waals surface area contributed by atoms with Crippen molar-refractivity contribution in [1.29, 1.82) is 0 Å². The van der Waals surface area contributed by atoms with Crippen molar-refractivity contribution in [2.24, 2.45) is 5.92 Å². The van der Waals surface area contributed by atoms with E-state index in [2.05, 4.69) is 19.2 Å². The van der Waals surface area contributed by atoms with E-state index in [1.807, 2.05) is 7.11 Å². The normalized spacial score (nSPS) is 26.4. The van der Waals surface area contributed by atoms with Gasteiger partial charge in [0.05, 0.1) is 5.60 Å². The van der Waals surface area contributed by atoms with Gasteiger partial charge >= 0.3 is 0 Å². The van der Waals surface area contributed by atoms with Crippen LogP contribution in [-0.2, 0) is 4.74 Å². The fourth-order valence-corrected chi connectivity index (χ4v) is 2.15. The summed E-state index contributed by atoms with van der Waals surface area (Å²) in [4.78, 5) is 0. The average Bonchev–Trinajstić information content (AvgIpc) is 2.70. The second kappa shape index (κ2) is 5.72. The molecule has 0 aromatic heterocycles. The van der Waals surface area contributed by atoms with E-state index in [0.717, 1.165) is 12.3 Å². The molecule has 0 aromatic carbocycles. The van der Waals surface area contributed by atoms with Crippen LogP contribution in [0.3, 0.4) is 0 Å². The Kier molecular flexibility index (Phi) is 4.90. The van der Waals surface area contributed by atoms with Crippen LogP contribution in [0.5, 0.6) is 0 Å². The Bertz CT molecular complexity index is 148. The molecule has 1 aliphatic rings. The maximum Gasteiger partial charge on any atom is 0.0648 e. The highest BCUT2D eigenvalue weighted by Gasteiger charge is 2.21. The summed E-state index contributed by atoms with van der Waals surface area (Å²) >= 11 is 0. The molecule has 84 valence electrons. The highest BCUT2D eigenvalue weighted by molar-refractivity contribution is 4.76. The quantitative estimate of drug-likeness (QED) is 0.710. The molecule has 0 radical (unpaired) electrons. The van der Waals surface area contributed by atoms with Crippen LogP contribution in [0.4, 0.5) is 0 Å². The third-order valence-corrected chi connectivity index (χ3v) is 3.72. The van der Waals surface area contributed by atoms with Crippen LogP contribution in [0, 0.1) is 5.92 Å². The zero-order valence-corrected chi connectivity index (χ0v) is 9.94. The van der Waals surface area contributed by atoms with E-state index in [0.29, 0.717) is 0 Å². The zero-order chi connectivity index (χ0) is 10.4. The van der Waals surface area contributed by atoms with E-state index in [9.17, 15) is 0 Å². The SMILES string of the molecule is CC[C@](C)(CCC[C@H]1CCNC1)OC. The van der Waals surface area contributed by atoms with Crippen molar-refractivity contribution in [1.82, 2.24) is 5.32 Å². The van der Waals surface area contributed by atoms with Crippen molar-refractivity contribution >= 4 is 0 Å². The first-order valence-corrected chi connectivity index (χ1v) is 5.96. The lowest BCUT2D eigenvalue weighted by molar-refractivity contribution is -0.00675. The Morgan fingerprint density at radius 2 is 2.29 bits per heavy atom. The minimum absolute atomic E-state index is 0.117. The molecule has 2 nitrogen and oxygen atoms in total. The van der Waals surface area contributed by atoms with E-state index in [1.54, 1.807) is 0 Å². The van der Waals surface area contributed by atoms with Gasteiger partial charge in [-0.2, -0.15) is 0 Å². The average molecular weight is 199 g/mol. The molecular weight excluding hydrogens is 174 g/mol. The van der Waals surface area contributed by atoms with Gasteiger partial charge in [0, 0.05) is 7.11 Å². The summed E-state index contributed by atoms with van der Waals surface area (Å²) in [6.07, 6.45) is 6.37. The van der Waals surface area contributed by atoms with Crippen LogP contribution in [0.1, 0.15) is 46.0 Å². The zero-order valence-electron chi connectivity index (χ0n) is 9.94. The van der Waals surface area contributed by atoms with Gasteiger partial charge in [-0.1, -0.05) is 13.3 Å².